The molecule has 3 heterocycles. The van der Waals surface area contributed by atoms with Gasteiger partial charge in [0, 0.05) is 31.2 Å². The predicted molar refractivity (Wildman–Crippen MR) is 97.4 cm³/mol. The van der Waals surface area contributed by atoms with E-state index in [-0.39, 0.29) is 23.4 Å². The highest BCUT2D eigenvalue weighted by Gasteiger charge is 2.50. The number of ether oxygens (including phenoxy) is 2. The van der Waals surface area contributed by atoms with Crippen molar-refractivity contribution in [1.82, 2.24) is 9.88 Å². The lowest BCUT2D eigenvalue weighted by Crippen LogP contribution is -2.61. The molecule has 1 aromatic rings. The van der Waals surface area contributed by atoms with Gasteiger partial charge in [-0.25, -0.2) is 0 Å². The number of nitrogens with zero attached hydrogens (tertiary/aromatic N) is 2. The molecule has 5 nitrogen and oxygen atoms in total. The van der Waals surface area contributed by atoms with Crippen LogP contribution in [0.4, 0.5) is 0 Å². The zero-order chi connectivity index (χ0) is 17.1. The van der Waals surface area contributed by atoms with Gasteiger partial charge in [0.25, 0.3) is 0 Å². The number of carbonyl (C=O) groups excluding carboxylic acids is 1. The van der Waals surface area contributed by atoms with Crippen molar-refractivity contribution in [3.63, 3.8) is 0 Å². The number of amides is 1. The summed E-state index contributed by atoms with van der Waals surface area (Å²) in [5.74, 6) is 1.17. The first-order valence-corrected chi connectivity index (χ1v) is 10.2. The summed E-state index contributed by atoms with van der Waals surface area (Å²) in [6.07, 6.45) is 9.94. The molecule has 4 rings (SSSR count). The van der Waals surface area contributed by atoms with E-state index >= 15 is 0 Å². The van der Waals surface area contributed by atoms with Gasteiger partial charge in [0.05, 0.1) is 23.6 Å². The minimum atomic E-state index is 0.152. The van der Waals surface area contributed by atoms with Crippen LogP contribution >= 0.6 is 11.8 Å². The SMILES string of the molecule is O=C(COC1CCCC1)N1CC2(CC(OCc3ccncc3)CS2)C1. The predicted octanol–water partition coefficient (Wildman–Crippen LogP) is 2.64. The molecule has 1 aliphatic carbocycles. The fourth-order valence-electron chi connectivity index (χ4n) is 3.98. The lowest BCUT2D eigenvalue weighted by atomic mass is 9.93. The van der Waals surface area contributed by atoms with Gasteiger partial charge in [-0.3, -0.25) is 9.78 Å². The molecule has 0 N–H and O–H groups in total. The number of hydrogen-bond donors (Lipinski definition) is 0. The Bertz CT molecular complexity index is 586. The number of rotatable bonds is 6. The number of hydrogen-bond acceptors (Lipinski definition) is 5. The van der Waals surface area contributed by atoms with Gasteiger partial charge < -0.3 is 14.4 Å². The van der Waals surface area contributed by atoms with Crippen molar-refractivity contribution in [2.24, 2.45) is 0 Å². The lowest BCUT2D eigenvalue weighted by molar-refractivity contribution is -0.143. The van der Waals surface area contributed by atoms with Gasteiger partial charge in [-0.05, 0) is 37.0 Å². The van der Waals surface area contributed by atoms with Crippen LogP contribution in [0.3, 0.4) is 0 Å². The minimum Gasteiger partial charge on any atom is -0.373 e. The highest BCUT2D eigenvalue weighted by atomic mass is 32.2. The zero-order valence-electron chi connectivity index (χ0n) is 14.6. The lowest BCUT2D eigenvalue weighted by Gasteiger charge is -2.47. The molecule has 0 bridgehead atoms. The van der Waals surface area contributed by atoms with Gasteiger partial charge in [0.2, 0.25) is 5.91 Å². The minimum absolute atomic E-state index is 0.152. The molecule has 0 radical (unpaired) electrons. The van der Waals surface area contributed by atoms with Crippen LogP contribution in [0.1, 0.15) is 37.7 Å². The molecule has 2 saturated heterocycles. The Morgan fingerprint density at radius 3 is 2.72 bits per heavy atom. The van der Waals surface area contributed by atoms with E-state index in [0.29, 0.717) is 12.7 Å². The summed E-state index contributed by atoms with van der Waals surface area (Å²) in [5.41, 5.74) is 1.16. The van der Waals surface area contributed by atoms with Gasteiger partial charge >= 0.3 is 0 Å². The van der Waals surface area contributed by atoms with Crippen molar-refractivity contribution in [3.05, 3.63) is 30.1 Å². The number of aromatic nitrogens is 1. The number of thioether (sulfide) groups is 1. The van der Waals surface area contributed by atoms with Crippen molar-refractivity contribution < 1.29 is 14.3 Å². The van der Waals surface area contributed by atoms with Gasteiger partial charge in [-0.15, -0.1) is 11.8 Å². The number of carbonyl (C=O) groups is 1. The Kier molecular flexibility index (Phi) is 5.29. The third-order valence-corrected chi connectivity index (χ3v) is 7.04. The molecule has 0 aromatic carbocycles. The molecule has 1 unspecified atom stereocenters. The average Bonchev–Trinajstić information content (AvgIpc) is 3.27. The molecule has 25 heavy (non-hydrogen) atoms. The molecule has 2 aliphatic heterocycles. The van der Waals surface area contributed by atoms with Crippen LogP contribution in [0, 0.1) is 0 Å². The van der Waals surface area contributed by atoms with Crippen LogP contribution in [0.15, 0.2) is 24.5 Å². The van der Waals surface area contributed by atoms with Crippen LogP contribution in [0.5, 0.6) is 0 Å². The second-order valence-electron chi connectivity index (χ2n) is 7.45. The second-order valence-corrected chi connectivity index (χ2v) is 8.94. The third-order valence-electron chi connectivity index (χ3n) is 5.47. The molecule has 1 saturated carbocycles. The number of pyridine rings is 1. The second kappa shape index (κ2) is 7.64. The van der Waals surface area contributed by atoms with Crippen LogP contribution in [-0.4, -0.2) is 58.2 Å². The van der Waals surface area contributed by atoms with E-state index in [1.54, 1.807) is 12.4 Å². The van der Waals surface area contributed by atoms with Crippen LogP contribution in [-0.2, 0) is 20.9 Å². The van der Waals surface area contributed by atoms with Crippen LogP contribution in [0.25, 0.3) is 0 Å². The molecule has 136 valence electrons. The molecule has 1 atom stereocenters. The molecular formula is C19H26N2O3S. The van der Waals surface area contributed by atoms with E-state index in [1.165, 1.54) is 12.8 Å². The van der Waals surface area contributed by atoms with Crippen LogP contribution < -0.4 is 0 Å². The van der Waals surface area contributed by atoms with E-state index in [2.05, 4.69) is 4.98 Å². The van der Waals surface area contributed by atoms with E-state index in [0.717, 1.165) is 43.7 Å². The average molecular weight is 362 g/mol. The molecule has 3 aliphatic rings. The molecule has 1 spiro atoms. The molecular weight excluding hydrogens is 336 g/mol. The van der Waals surface area contributed by atoms with E-state index in [1.807, 2.05) is 28.8 Å². The topological polar surface area (TPSA) is 51.7 Å². The van der Waals surface area contributed by atoms with Gasteiger partial charge in [-0.1, -0.05) is 12.8 Å². The maximum Gasteiger partial charge on any atom is 0.248 e. The van der Waals surface area contributed by atoms with Crippen molar-refractivity contribution in [1.29, 1.82) is 0 Å². The van der Waals surface area contributed by atoms with Crippen molar-refractivity contribution >= 4 is 17.7 Å². The standard InChI is InChI=1S/C19H26N2O3S/c22-18(11-24-16-3-1-2-4-16)21-13-19(14-21)9-17(12-25-19)23-10-15-5-7-20-8-6-15/h5-8,16-17H,1-4,9-14H2. The van der Waals surface area contributed by atoms with Crippen molar-refractivity contribution in [2.75, 3.05) is 25.4 Å². The van der Waals surface area contributed by atoms with E-state index in [4.69, 9.17) is 9.47 Å². The summed E-state index contributed by atoms with van der Waals surface area (Å²) in [6, 6.07) is 3.98. The Morgan fingerprint density at radius 2 is 1.96 bits per heavy atom. The highest BCUT2D eigenvalue weighted by molar-refractivity contribution is 8.01. The van der Waals surface area contributed by atoms with Gasteiger partial charge in [-0.2, -0.15) is 0 Å². The largest absolute Gasteiger partial charge is 0.373 e. The van der Waals surface area contributed by atoms with Crippen molar-refractivity contribution in [2.45, 2.75) is 55.7 Å². The quantitative estimate of drug-likeness (QED) is 0.779. The summed E-state index contributed by atoms with van der Waals surface area (Å²) in [4.78, 5) is 18.2. The first-order valence-electron chi connectivity index (χ1n) is 9.26. The van der Waals surface area contributed by atoms with Crippen LogP contribution in [0.2, 0.25) is 0 Å². The molecule has 1 amide bonds. The third kappa shape index (κ3) is 4.18. The first kappa shape index (κ1) is 17.3. The molecule has 1 aromatic heterocycles. The number of likely N-dealkylation sites (tertiary alicyclic amines) is 1. The van der Waals surface area contributed by atoms with Crippen molar-refractivity contribution in [3.8, 4) is 0 Å². The Balaban J connectivity index is 1.17. The van der Waals surface area contributed by atoms with Gasteiger partial charge in [0.1, 0.15) is 6.61 Å². The summed E-state index contributed by atoms with van der Waals surface area (Å²) in [5, 5.41) is 0. The first-order chi connectivity index (χ1) is 12.2. The fraction of sp³-hybridized carbons (Fsp3) is 0.684. The maximum atomic E-state index is 12.3. The summed E-state index contributed by atoms with van der Waals surface area (Å²) >= 11 is 1.97. The highest BCUT2D eigenvalue weighted by Crippen LogP contribution is 2.46. The zero-order valence-corrected chi connectivity index (χ0v) is 15.4. The van der Waals surface area contributed by atoms with E-state index in [9.17, 15) is 4.79 Å². The molecule has 3 fully saturated rings. The normalized spacial score (nSPS) is 25.4. The summed E-state index contributed by atoms with van der Waals surface area (Å²) in [6.45, 7) is 2.59. The van der Waals surface area contributed by atoms with Gasteiger partial charge in [0.15, 0.2) is 0 Å². The maximum absolute atomic E-state index is 12.3. The molecule has 6 heteroatoms. The summed E-state index contributed by atoms with van der Waals surface area (Å²) in [7, 11) is 0. The Morgan fingerprint density at radius 1 is 1.20 bits per heavy atom. The summed E-state index contributed by atoms with van der Waals surface area (Å²) < 4.78 is 12.0. The Hall–Kier alpha value is -1.11. The Labute approximate surface area is 153 Å². The van der Waals surface area contributed by atoms with E-state index < -0.39 is 0 Å². The monoisotopic (exact) mass is 362 g/mol. The smallest absolute Gasteiger partial charge is 0.248 e. The fourth-order valence-corrected chi connectivity index (χ4v) is 5.54.